The predicted octanol–water partition coefficient (Wildman–Crippen LogP) is -10.3. The van der Waals surface area contributed by atoms with Gasteiger partial charge in [-0.25, -0.2) is 0 Å². The van der Waals surface area contributed by atoms with Gasteiger partial charge in [0.25, 0.3) is 0 Å². The van der Waals surface area contributed by atoms with Crippen LogP contribution >= 0.6 is 0 Å². The van der Waals surface area contributed by atoms with Crippen LogP contribution in [0.2, 0.25) is 0 Å². The van der Waals surface area contributed by atoms with Crippen molar-refractivity contribution in [2.75, 3.05) is 39.6 Å². The zero-order chi connectivity index (χ0) is 39.9. The molecule has 0 spiro atoms. The van der Waals surface area contributed by atoms with Crippen molar-refractivity contribution in [3.63, 3.8) is 0 Å². The first kappa shape index (κ1) is 43.6. The average molecular weight is 811 g/mol. The Morgan fingerprint density at radius 2 is 0.636 bits per heavy atom. The van der Waals surface area contributed by atoms with Crippen LogP contribution in [-0.4, -0.2) is 259 Å². The highest BCUT2D eigenvalue weighted by Crippen LogP contribution is 2.33. The lowest BCUT2D eigenvalue weighted by Gasteiger charge is -2.47. The molecule has 0 aromatic carbocycles. The van der Waals surface area contributed by atoms with Gasteiger partial charge in [-0.3, -0.25) is 0 Å². The summed E-state index contributed by atoms with van der Waals surface area (Å²) in [6.07, 6.45) is -39.7. The van der Waals surface area contributed by atoms with E-state index in [1.165, 1.54) is 0 Å². The topological polar surface area (TPSA) is 385 Å². The SMILES string of the molecule is O[C@@H]1[C@@H](O)[C@@H](O[C@@H]2OC[C@H](O[C@@H]3OC[C@H](O[C@@H]4OC[C@H](O)[C@H](O)[C@H]4O)[C@H](O)[C@H]3O[C@@H]3OC[C@H](O)[C@H](O[C@@H]4OC[C@H](O)[C@H](O)[C@H]4O)[C@H]3O)[C@H](O)[C@H]2O)CO[C@H]1O. The second-order valence-electron chi connectivity index (χ2n) is 14.1. The van der Waals surface area contributed by atoms with E-state index in [0.29, 0.717) is 0 Å². The molecule has 6 aliphatic heterocycles. The molecule has 25 nitrogen and oxygen atoms in total. The molecule has 0 saturated carbocycles. The first-order valence-electron chi connectivity index (χ1n) is 17.6. The summed E-state index contributed by atoms with van der Waals surface area (Å²) in [6, 6.07) is 0. The number of rotatable bonds is 10. The van der Waals surface area contributed by atoms with Gasteiger partial charge in [-0.1, -0.05) is 0 Å². The van der Waals surface area contributed by atoms with Crippen molar-refractivity contribution in [2.24, 2.45) is 0 Å². The molecule has 55 heavy (non-hydrogen) atoms. The number of ether oxygens (including phenoxy) is 11. The fourth-order valence-electron chi connectivity index (χ4n) is 6.73. The van der Waals surface area contributed by atoms with Gasteiger partial charge in [-0.05, 0) is 0 Å². The predicted molar refractivity (Wildman–Crippen MR) is 163 cm³/mol. The molecule has 0 aromatic rings. The van der Waals surface area contributed by atoms with Crippen molar-refractivity contribution in [2.45, 2.75) is 148 Å². The van der Waals surface area contributed by atoms with E-state index in [4.69, 9.17) is 52.1 Å². The molecule has 6 rings (SSSR count). The lowest BCUT2D eigenvalue weighted by atomic mass is 10.0. The Morgan fingerprint density at radius 3 is 1.20 bits per heavy atom. The molecule has 320 valence electrons. The Morgan fingerprint density at radius 1 is 0.273 bits per heavy atom. The van der Waals surface area contributed by atoms with E-state index in [1.807, 2.05) is 0 Å². The van der Waals surface area contributed by atoms with Crippen LogP contribution in [0.5, 0.6) is 0 Å². The summed E-state index contributed by atoms with van der Waals surface area (Å²) < 4.78 is 60.7. The molecule has 0 unspecified atom stereocenters. The van der Waals surface area contributed by atoms with Gasteiger partial charge in [0.1, 0.15) is 110 Å². The van der Waals surface area contributed by atoms with Crippen LogP contribution in [-0.2, 0) is 52.1 Å². The molecule has 6 saturated heterocycles. The van der Waals surface area contributed by atoms with E-state index in [0.717, 1.165) is 0 Å². The number of hydrogen-bond donors (Lipinski definition) is 14. The van der Waals surface area contributed by atoms with Gasteiger partial charge in [-0.15, -0.1) is 0 Å². The Bertz CT molecular complexity index is 1210. The number of aliphatic hydroxyl groups is 14. The number of aliphatic hydroxyl groups excluding tert-OH is 14. The largest absolute Gasteiger partial charge is 0.388 e. The van der Waals surface area contributed by atoms with Gasteiger partial charge >= 0.3 is 0 Å². The maximum absolute atomic E-state index is 11.5. The van der Waals surface area contributed by atoms with Crippen LogP contribution in [0.4, 0.5) is 0 Å². The van der Waals surface area contributed by atoms with Crippen LogP contribution in [0.3, 0.4) is 0 Å². The fourth-order valence-corrected chi connectivity index (χ4v) is 6.73. The molecule has 25 heteroatoms. The molecule has 14 N–H and O–H groups in total. The third kappa shape index (κ3) is 9.42. The minimum atomic E-state index is -1.92. The van der Waals surface area contributed by atoms with E-state index >= 15 is 0 Å². The second kappa shape index (κ2) is 18.5. The molecule has 0 bridgehead atoms. The summed E-state index contributed by atoms with van der Waals surface area (Å²) in [5.74, 6) is 0. The first-order valence-corrected chi connectivity index (χ1v) is 17.6. The summed E-state index contributed by atoms with van der Waals surface area (Å²) in [7, 11) is 0. The van der Waals surface area contributed by atoms with Gasteiger partial charge in [-0.2, -0.15) is 0 Å². The highest BCUT2D eigenvalue weighted by molar-refractivity contribution is 4.94. The van der Waals surface area contributed by atoms with Crippen LogP contribution < -0.4 is 0 Å². The van der Waals surface area contributed by atoms with Crippen molar-refractivity contribution < 1.29 is 124 Å². The van der Waals surface area contributed by atoms with E-state index in [1.54, 1.807) is 0 Å². The standard InChI is InChI=1S/C30H50O25/c31-7-1-46-26(19(40)13(7)34)52-12-6-50-30(53-11-5-49-27(21(42)16(11)37)51-10-4-45-25(44)18(39)15(10)36)24(17(12)38)55-29-22(43)23(9(33)3-48-29)54-28-20(41)14(35)8(32)2-47-28/h7-44H,1-6H2/t7-,8-,9-,10-,11-,12-,13-,14-,15-,16-,17-,18+,19+,20+,21+,22+,23-,24+,25+,26-,27-,28-,29-,30-/m0/s1. The molecule has 0 amide bonds. The van der Waals surface area contributed by atoms with Gasteiger partial charge in [0, 0.05) is 0 Å². The summed E-state index contributed by atoms with van der Waals surface area (Å²) in [4.78, 5) is 0. The lowest BCUT2D eigenvalue weighted by molar-refractivity contribution is -0.384. The Labute approximate surface area is 311 Å². The van der Waals surface area contributed by atoms with E-state index in [9.17, 15) is 71.5 Å². The third-order valence-electron chi connectivity index (χ3n) is 10.1. The smallest absolute Gasteiger partial charge is 0.187 e. The maximum atomic E-state index is 11.5. The van der Waals surface area contributed by atoms with Crippen molar-refractivity contribution >= 4 is 0 Å². The van der Waals surface area contributed by atoms with Gasteiger partial charge in [0.15, 0.2) is 37.7 Å². The molecular weight excluding hydrogens is 760 g/mol. The van der Waals surface area contributed by atoms with Gasteiger partial charge < -0.3 is 124 Å². The number of hydrogen-bond acceptors (Lipinski definition) is 25. The van der Waals surface area contributed by atoms with Crippen LogP contribution in [0.25, 0.3) is 0 Å². The van der Waals surface area contributed by atoms with Crippen LogP contribution in [0.1, 0.15) is 0 Å². The Kier molecular flexibility index (Phi) is 14.7. The summed E-state index contributed by atoms with van der Waals surface area (Å²) in [6.45, 7) is -2.90. The van der Waals surface area contributed by atoms with E-state index in [-0.39, 0.29) is 0 Å². The minimum absolute atomic E-state index is 0.405. The monoisotopic (exact) mass is 810 g/mol. The zero-order valence-corrected chi connectivity index (χ0v) is 28.9. The second-order valence-corrected chi connectivity index (χ2v) is 14.1. The Hall–Kier alpha value is -1.00. The third-order valence-corrected chi connectivity index (χ3v) is 10.1. The molecule has 0 radical (unpaired) electrons. The summed E-state index contributed by atoms with van der Waals surface area (Å²) in [5, 5.41) is 145. The van der Waals surface area contributed by atoms with E-state index in [2.05, 4.69) is 0 Å². The first-order chi connectivity index (χ1) is 26.1. The summed E-state index contributed by atoms with van der Waals surface area (Å²) >= 11 is 0. The van der Waals surface area contributed by atoms with Crippen molar-refractivity contribution in [1.29, 1.82) is 0 Å². The quantitative estimate of drug-likeness (QED) is 0.0974. The lowest BCUT2D eigenvalue weighted by Crippen LogP contribution is -2.65. The molecule has 6 fully saturated rings. The molecule has 0 aromatic heterocycles. The van der Waals surface area contributed by atoms with Crippen molar-refractivity contribution in [3.05, 3.63) is 0 Å². The van der Waals surface area contributed by atoms with Crippen molar-refractivity contribution in [1.82, 2.24) is 0 Å². The average Bonchev–Trinajstić information content (AvgIpc) is 3.16. The van der Waals surface area contributed by atoms with Gasteiger partial charge in [0.2, 0.25) is 0 Å². The molecule has 6 aliphatic rings. The van der Waals surface area contributed by atoms with Crippen molar-refractivity contribution in [3.8, 4) is 0 Å². The molecule has 24 atom stereocenters. The summed E-state index contributed by atoms with van der Waals surface area (Å²) in [5.41, 5.74) is 0. The van der Waals surface area contributed by atoms with E-state index < -0.39 is 187 Å². The Balaban J connectivity index is 1.15. The van der Waals surface area contributed by atoms with Gasteiger partial charge in [0.05, 0.1) is 39.6 Å². The normalized spacial score (nSPS) is 54.2. The molecular formula is C30H50O25. The zero-order valence-electron chi connectivity index (χ0n) is 28.9. The highest BCUT2D eigenvalue weighted by Gasteiger charge is 2.53. The fraction of sp³-hybridized carbons (Fsp3) is 1.00. The molecule has 6 heterocycles. The minimum Gasteiger partial charge on any atom is -0.388 e. The van der Waals surface area contributed by atoms with Crippen LogP contribution in [0, 0.1) is 0 Å². The maximum Gasteiger partial charge on any atom is 0.187 e. The molecule has 0 aliphatic carbocycles. The van der Waals surface area contributed by atoms with Crippen LogP contribution in [0.15, 0.2) is 0 Å². The highest BCUT2D eigenvalue weighted by atomic mass is 16.8.